The first-order chi connectivity index (χ1) is 13.0. The van der Waals surface area contributed by atoms with Crippen LogP contribution >= 0.6 is 11.3 Å². The van der Waals surface area contributed by atoms with Crippen LogP contribution in [-0.2, 0) is 6.42 Å². The number of hydrogen-bond acceptors (Lipinski definition) is 4. The predicted octanol–water partition coefficient (Wildman–Crippen LogP) is 3.40. The summed E-state index contributed by atoms with van der Waals surface area (Å²) < 4.78 is 5.54. The largest absolute Gasteiger partial charge is 0.496 e. The molecule has 1 aromatic carbocycles. The van der Waals surface area contributed by atoms with E-state index in [9.17, 15) is 0 Å². The highest BCUT2D eigenvalue weighted by Gasteiger charge is 2.18. The van der Waals surface area contributed by atoms with Gasteiger partial charge in [-0.3, -0.25) is 4.99 Å². The minimum atomic E-state index is 0.184. The van der Waals surface area contributed by atoms with E-state index in [4.69, 9.17) is 4.74 Å². The Morgan fingerprint density at radius 3 is 2.52 bits per heavy atom. The minimum Gasteiger partial charge on any atom is -0.496 e. The van der Waals surface area contributed by atoms with E-state index >= 15 is 0 Å². The number of nitrogens with one attached hydrogen (secondary N) is 2. The van der Waals surface area contributed by atoms with Gasteiger partial charge in [0.05, 0.1) is 13.2 Å². The second-order valence-electron chi connectivity index (χ2n) is 6.94. The summed E-state index contributed by atoms with van der Waals surface area (Å²) in [6, 6.07) is 12.7. The molecule has 2 N–H and O–H groups in total. The van der Waals surface area contributed by atoms with Crippen LogP contribution < -0.4 is 15.4 Å². The number of thiophene rings is 1. The van der Waals surface area contributed by atoms with Crippen LogP contribution in [-0.4, -0.2) is 52.2 Å². The van der Waals surface area contributed by atoms with Crippen LogP contribution in [0.1, 0.15) is 23.4 Å². The number of likely N-dealkylation sites (N-methyl/N-ethyl adjacent to an activating group) is 1. The molecule has 0 amide bonds. The van der Waals surface area contributed by atoms with Gasteiger partial charge in [0.2, 0.25) is 0 Å². The molecule has 2 unspecified atom stereocenters. The lowest BCUT2D eigenvalue weighted by Crippen LogP contribution is -2.43. The van der Waals surface area contributed by atoms with Crippen LogP contribution in [0.5, 0.6) is 5.75 Å². The van der Waals surface area contributed by atoms with Gasteiger partial charge in [-0.1, -0.05) is 31.2 Å². The molecular weight excluding hydrogens is 356 g/mol. The zero-order valence-electron chi connectivity index (χ0n) is 17.0. The van der Waals surface area contributed by atoms with Crippen LogP contribution in [0.3, 0.4) is 0 Å². The van der Waals surface area contributed by atoms with Gasteiger partial charge in [-0.25, -0.2) is 0 Å². The Hall–Kier alpha value is -2.05. The van der Waals surface area contributed by atoms with Crippen molar-refractivity contribution >= 4 is 17.3 Å². The van der Waals surface area contributed by atoms with Gasteiger partial charge >= 0.3 is 0 Å². The third-order valence-corrected chi connectivity index (χ3v) is 5.45. The fourth-order valence-corrected chi connectivity index (χ4v) is 3.91. The molecule has 0 bridgehead atoms. The number of methoxy groups -OCH3 is 1. The van der Waals surface area contributed by atoms with Crippen molar-refractivity contribution in [1.82, 2.24) is 15.5 Å². The number of rotatable bonds is 9. The summed E-state index contributed by atoms with van der Waals surface area (Å²) in [5.74, 6) is 2.28. The fourth-order valence-electron chi connectivity index (χ4n) is 3.04. The van der Waals surface area contributed by atoms with E-state index in [2.05, 4.69) is 65.1 Å². The molecule has 2 rings (SSSR count). The van der Waals surface area contributed by atoms with Crippen LogP contribution in [0.15, 0.2) is 46.8 Å². The van der Waals surface area contributed by atoms with Gasteiger partial charge in [-0.2, -0.15) is 0 Å². The zero-order valence-corrected chi connectivity index (χ0v) is 17.8. The average molecular weight is 389 g/mol. The number of guanidine groups is 1. The molecule has 148 valence electrons. The minimum absolute atomic E-state index is 0.184. The van der Waals surface area contributed by atoms with E-state index < -0.39 is 0 Å². The Morgan fingerprint density at radius 2 is 1.89 bits per heavy atom. The maximum atomic E-state index is 5.54. The first kappa shape index (κ1) is 21.3. The average Bonchev–Trinajstić information content (AvgIpc) is 3.17. The molecule has 0 saturated heterocycles. The smallest absolute Gasteiger partial charge is 0.191 e. The van der Waals surface area contributed by atoms with Gasteiger partial charge in [-0.05, 0) is 43.9 Å². The topological polar surface area (TPSA) is 48.9 Å². The maximum absolute atomic E-state index is 5.54. The normalized spacial score (nSPS) is 14.1. The number of ether oxygens (including phenoxy) is 1. The number of nitrogens with zero attached hydrogens (tertiary/aromatic N) is 2. The highest BCUT2D eigenvalue weighted by atomic mass is 32.1. The van der Waals surface area contributed by atoms with E-state index in [0.29, 0.717) is 5.92 Å². The van der Waals surface area contributed by atoms with Crippen molar-refractivity contribution in [2.75, 3.05) is 41.3 Å². The molecule has 0 aliphatic carbocycles. The molecule has 0 fully saturated rings. The highest BCUT2D eigenvalue weighted by molar-refractivity contribution is 7.09. The first-order valence-corrected chi connectivity index (χ1v) is 10.2. The van der Waals surface area contributed by atoms with Crippen LogP contribution in [0.4, 0.5) is 0 Å². The quantitative estimate of drug-likeness (QED) is 0.511. The molecule has 0 aliphatic rings. The van der Waals surface area contributed by atoms with Crippen LogP contribution in [0.25, 0.3) is 0 Å². The summed E-state index contributed by atoms with van der Waals surface area (Å²) in [4.78, 5) is 7.99. The third-order valence-electron chi connectivity index (χ3n) is 4.56. The van der Waals surface area contributed by atoms with Gasteiger partial charge < -0.3 is 20.3 Å². The Labute approximate surface area is 167 Å². The fraction of sp³-hybridized carbons (Fsp3) is 0.476. The molecule has 27 heavy (non-hydrogen) atoms. The number of hydrogen-bond donors (Lipinski definition) is 2. The van der Waals surface area contributed by atoms with Gasteiger partial charge in [0.15, 0.2) is 5.96 Å². The molecular formula is C21H32N4OS. The number of aliphatic imine (C=N–C) groups is 1. The Morgan fingerprint density at radius 1 is 1.15 bits per heavy atom. The van der Waals surface area contributed by atoms with E-state index in [-0.39, 0.29) is 6.04 Å². The van der Waals surface area contributed by atoms with Crippen molar-refractivity contribution in [3.8, 4) is 5.75 Å². The van der Waals surface area contributed by atoms with Crippen molar-refractivity contribution in [2.45, 2.75) is 19.4 Å². The predicted molar refractivity (Wildman–Crippen MR) is 116 cm³/mol. The molecule has 1 heterocycles. The SMILES string of the molecule is CN=C(NCC(C)Cc1cccs1)NCC(c1ccccc1OC)N(C)C. The van der Waals surface area contributed by atoms with Crippen molar-refractivity contribution < 1.29 is 4.74 Å². The van der Waals surface area contributed by atoms with Crippen molar-refractivity contribution in [3.63, 3.8) is 0 Å². The lowest BCUT2D eigenvalue weighted by molar-refractivity contribution is 0.287. The standard InChI is InChI=1S/C21H32N4OS/c1-16(13-17-9-8-12-27-17)14-23-21(22-2)24-15-19(25(3)4)18-10-6-7-11-20(18)26-5/h6-12,16,19H,13-15H2,1-5H3,(H2,22,23,24). The molecule has 6 heteroatoms. The zero-order chi connectivity index (χ0) is 19.6. The van der Waals surface area contributed by atoms with Gasteiger partial charge in [0.25, 0.3) is 0 Å². The van der Waals surface area contributed by atoms with Crippen LogP contribution in [0, 0.1) is 5.92 Å². The Kier molecular flexibility index (Phi) is 8.61. The number of para-hydroxylation sites is 1. The van der Waals surface area contributed by atoms with Crippen molar-refractivity contribution in [2.24, 2.45) is 10.9 Å². The second-order valence-corrected chi connectivity index (χ2v) is 7.98. The summed E-state index contributed by atoms with van der Waals surface area (Å²) >= 11 is 1.82. The number of benzene rings is 1. The van der Waals surface area contributed by atoms with E-state index in [1.807, 2.05) is 36.6 Å². The molecule has 2 aromatic rings. The summed E-state index contributed by atoms with van der Waals surface area (Å²) in [6.45, 7) is 3.89. The monoisotopic (exact) mass is 388 g/mol. The lowest BCUT2D eigenvalue weighted by atomic mass is 10.0. The van der Waals surface area contributed by atoms with Crippen molar-refractivity contribution in [1.29, 1.82) is 0 Å². The van der Waals surface area contributed by atoms with Crippen molar-refractivity contribution in [3.05, 3.63) is 52.2 Å². The second kappa shape index (κ2) is 10.9. The lowest BCUT2D eigenvalue weighted by Gasteiger charge is -2.27. The molecule has 0 saturated carbocycles. The molecule has 0 spiro atoms. The molecule has 0 aliphatic heterocycles. The molecule has 0 radical (unpaired) electrons. The van der Waals surface area contributed by atoms with E-state index in [1.54, 1.807) is 7.11 Å². The molecule has 2 atom stereocenters. The Balaban J connectivity index is 1.90. The first-order valence-electron chi connectivity index (χ1n) is 9.31. The van der Waals surface area contributed by atoms with Crippen LogP contribution in [0.2, 0.25) is 0 Å². The molecule has 1 aromatic heterocycles. The van der Waals surface area contributed by atoms with Gasteiger partial charge in [0, 0.05) is 30.6 Å². The third kappa shape index (κ3) is 6.56. The van der Waals surface area contributed by atoms with E-state index in [1.165, 1.54) is 10.4 Å². The Bertz CT molecular complexity index is 700. The maximum Gasteiger partial charge on any atom is 0.191 e. The highest BCUT2D eigenvalue weighted by Crippen LogP contribution is 2.27. The summed E-state index contributed by atoms with van der Waals surface area (Å²) in [5, 5.41) is 9.04. The summed E-state index contributed by atoms with van der Waals surface area (Å²) in [6.07, 6.45) is 1.09. The molecule has 5 nitrogen and oxygen atoms in total. The van der Waals surface area contributed by atoms with E-state index in [0.717, 1.165) is 31.2 Å². The van der Waals surface area contributed by atoms with Gasteiger partial charge in [0.1, 0.15) is 5.75 Å². The van der Waals surface area contributed by atoms with Gasteiger partial charge in [-0.15, -0.1) is 11.3 Å². The summed E-state index contributed by atoms with van der Waals surface area (Å²) in [5.41, 5.74) is 1.17. The summed E-state index contributed by atoms with van der Waals surface area (Å²) in [7, 11) is 7.69.